The summed E-state index contributed by atoms with van der Waals surface area (Å²) in [6, 6.07) is 11.2. The van der Waals surface area contributed by atoms with Crippen LogP contribution in [0, 0.1) is 0 Å². The van der Waals surface area contributed by atoms with E-state index in [2.05, 4.69) is 15.0 Å². The van der Waals surface area contributed by atoms with Crippen molar-refractivity contribution >= 4 is 16.8 Å². The topological polar surface area (TPSA) is 79.0 Å². The van der Waals surface area contributed by atoms with Gasteiger partial charge in [-0.05, 0) is 31.0 Å². The zero-order chi connectivity index (χ0) is 16.5. The van der Waals surface area contributed by atoms with Crippen molar-refractivity contribution in [2.75, 3.05) is 6.54 Å². The van der Waals surface area contributed by atoms with Crippen LogP contribution < -0.4 is 5.69 Å². The smallest absolute Gasteiger partial charge is 0.330 e. The lowest BCUT2D eigenvalue weighted by Gasteiger charge is -2.24. The minimum atomic E-state index is -0.390. The number of likely N-dealkylation sites (tertiary alicyclic amines) is 1. The van der Waals surface area contributed by atoms with Gasteiger partial charge in [0.15, 0.2) is 0 Å². The number of pyridine rings is 1. The van der Waals surface area contributed by atoms with E-state index >= 15 is 0 Å². The Morgan fingerprint density at radius 2 is 2.08 bits per heavy atom. The number of nitrogens with zero attached hydrogens (tertiary/aromatic N) is 3. The van der Waals surface area contributed by atoms with Gasteiger partial charge in [0.2, 0.25) is 0 Å². The van der Waals surface area contributed by atoms with E-state index < -0.39 is 0 Å². The van der Waals surface area contributed by atoms with Gasteiger partial charge in [0.05, 0.1) is 17.1 Å². The van der Waals surface area contributed by atoms with Crippen molar-refractivity contribution < 1.29 is 4.79 Å². The van der Waals surface area contributed by atoms with Crippen molar-refractivity contribution in [1.29, 1.82) is 0 Å². The average Bonchev–Trinajstić information content (AvgIpc) is 3.10. The maximum absolute atomic E-state index is 12.9. The number of hydrogen-bond acceptors (Lipinski definition) is 4. The normalized spacial score (nSPS) is 17.3. The second-order valence-corrected chi connectivity index (χ2v) is 5.90. The average molecular weight is 320 g/mol. The summed E-state index contributed by atoms with van der Waals surface area (Å²) in [6.45, 7) is 0.667. The summed E-state index contributed by atoms with van der Waals surface area (Å²) < 4.78 is 0. The van der Waals surface area contributed by atoms with E-state index in [1.165, 1.54) is 6.20 Å². The van der Waals surface area contributed by atoms with E-state index in [4.69, 9.17) is 0 Å². The molecule has 0 unspecified atom stereocenters. The van der Waals surface area contributed by atoms with Gasteiger partial charge in [-0.1, -0.05) is 18.2 Å². The fraction of sp³-hybridized carbons (Fsp3) is 0.222. The monoisotopic (exact) mass is 320 g/mol. The van der Waals surface area contributed by atoms with Crippen LogP contribution in [0.25, 0.3) is 10.9 Å². The van der Waals surface area contributed by atoms with E-state index in [0.29, 0.717) is 12.1 Å². The molecule has 1 saturated heterocycles. The first-order valence-electron chi connectivity index (χ1n) is 7.93. The highest BCUT2D eigenvalue weighted by Gasteiger charge is 2.31. The zero-order valence-corrected chi connectivity index (χ0v) is 13.0. The maximum Gasteiger partial charge on any atom is 0.345 e. The highest BCUT2D eigenvalue weighted by Crippen LogP contribution is 2.31. The number of carbonyl (C=O) groups excluding carboxylic acids is 1. The Kier molecular flexibility index (Phi) is 3.57. The highest BCUT2D eigenvalue weighted by molar-refractivity contribution is 5.97. The third-order valence-electron chi connectivity index (χ3n) is 4.41. The van der Waals surface area contributed by atoms with Gasteiger partial charge in [0.1, 0.15) is 0 Å². The number of nitrogens with one attached hydrogen (secondary N) is 1. The molecule has 1 amide bonds. The molecule has 0 aliphatic carbocycles. The fourth-order valence-corrected chi connectivity index (χ4v) is 3.26. The first kappa shape index (κ1) is 14.6. The second-order valence-electron chi connectivity index (χ2n) is 5.90. The zero-order valence-electron chi connectivity index (χ0n) is 13.0. The first-order valence-corrected chi connectivity index (χ1v) is 7.93. The molecule has 6 nitrogen and oxygen atoms in total. The molecule has 0 saturated carbocycles. The standard InChI is InChI=1S/C18H16N4O2/c23-17(13-10-12-4-1-2-5-14(12)20-11-13)22-9-3-6-16(22)15-7-8-19-18(24)21-15/h1-2,4-5,7-8,10-11,16H,3,6,9H2,(H,19,21,24)/t16-/m0/s1. The number of rotatable bonds is 2. The molecule has 24 heavy (non-hydrogen) atoms. The summed E-state index contributed by atoms with van der Waals surface area (Å²) in [6.07, 6.45) is 4.83. The molecule has 3 heterocycles. The van der Waals surface area contributed by atoms with Gasteiger partial charge in [-0.25, -0.2) is 9.78 Å². The van der Waals surface area contributed by atoms with Gasteiger partial charge in [-0.3, -0.25) is 9.78 Å². The number of amides is 1. The molecular weight excluding hydrogens is 304 g/mol. The Labute approximate surface area is 138 Å². The Bertz CT molecular complexity index is 966. The van der Waals surface area contributed by atoms with E-state index in [-0.39, 0.29) is 17.6 Å². The molecule has 0 radical (unpaired) electrons. The van der Waals surface area contributed by atoms with Gasteiger partial charge in [0.25, 0.3) is 5.91 Å². The fourth-order valence-electron chi connectivity index (χ4n) is 3.26. The molecule has 0 spiro atoms. The number of hydrogen-bond donors (Lipinski definition) is 1. The highest BCUT2D eigenvalue weighted by atomic mass is 16.2. The third kappa shape index (κ3) is 2.56. The van der Waals surface area contributed by atoms with Crippen molar-refractivity contribution in [1.82, 2.24) is 19.9 Å². The van der Waals surface area contributed by atoms with Gasteiger partial charge in [-0.2, -0.15) is 0 Å². The molecule has 4 rings (SSSR count). The summed E-state index contributed by atoms with van der Waals surface area (Å²) in [5, 5.41) is 0.941. The number of benzene rings is 1. The Morgan fingerprint density at radius 1 is 1.21 bits per heavy atom. The molecular formula is C18H16N4O2. The van der Waals surface area contributed by atoms with Crippen LogP contribution in [0.3, 0.4) is 0 Å². The number of carbonyl (C=O) groups is 1. The van der Waals surface area contributed by atoms with Crippen LogP contribution in [0.15, 0.2) is 53.6 Å². The minimum Gasteiger partial charge on any atom is -0.330 e. The molecule has 6 heteroatoms. The van der Waals surface area contributed by atoms with Crippen LogP contribution in [0.5, 0.6) is 0 Å². The quantitative estimate of drug-likeness (QED) is 0.786. The van der Waals surface area contributed by atoms with Gasteiger partial charge >= 0.3 is 5.69 Å². The van der Waals surface area contributed by atoms with Gasteiger partial charge in [-0.15, -0.1) is 0 Å². The summed E-state index contributed by atoms with van der Waals surface area (Å²) >= 11 is 0. The maximum atomic E-state index is 12.9. The van der Waals surface area contributed by atoms with Crippen molar-refractivity contribution in [3.63, 3.8) is 0 Å². The summed E-state index contributed by atoms with van der Waals surface area (Å²) in [7, 11) is 0. The van der Waals surface area contributed by atoms with E-state index in [1.54, 1.807) is 17.2 Å². The van der Waals surface area contributed by atoms with Crippen molar-refractivity contribution in [3.8, 4) is 0 Å². The Hall–Kier alpha value is -3.02. The Morgan fingerprint density at radius 3 is 2.96 bits per heavy atom. The lowest BCUT2D eigenvalue weighted by molar-refractivity contribution is 0.0732. The minimum absolute atomic E-state index is 0.0617. The lowest BCUT2D eigenvalue weighted by Crippen LogP contribution is -2.32. The predicted molar refractivity (Wildman–Crippen MR) is 89.6 cm³/mol. The summed E-state index contributed by atoms with van der Waals surface area (Å²) in [4.78, 5) is 37.0. The van der Waals surface area contributed by atoms with Gasteiger partial charge in [0, 0.05) is 30.0 Å². The van der Waals surface area contributed by atoms with Crippen LogP contribution in [0.2, 0.25) is 0 Å². The number of aromatic nitrogens is 3. The molecule has 1 fully saturated rings. The van der Waals surface area contributed by atoms with Crippen molar-refractivity contribution in [3.05, 3.63) is 70.5 Å². The molecule has 1 aliphatic rings. The molecule has 3 aromatic rings. The molecule has 1 aliphatic heterocycles. The first-order chi connectivity index (χ1) is 11.7. The molecule has 120 valence electrons. The van der Waals surface area contributed by atoms with Gasteiger partial charge < -0.3 is 9.88 Å². The van der Waals surface area contributed by atoms with E-state index in [9.17, 15) is 9.59 Å². The largest absolute Gasteiger partial charge is 0.345 e. The number of para-hydroxylation sites is 1. The SMILES string of the molecule is O=C(c1cnc2ccccc2c1)N1CCC[C@H]1c1ccnc(=O)[nH]1. The number of aromatic amines is 1. The predicted octanol–water partition coefficient (Wildman–Crippen LogP) is 2.30. The molecule has 1 atom stereocenters. The number of H-pyrrole nitrogens is 1. The summed E-state index contributed by atoms with van der Waals surface area (Å²) in [5.74, 6) is -0.0617. The second kappa shape index (κ2) is 5.88. The lowest BCUT2D eigenvalue weighted by atomic mass is 10.1. The molecule has 1 aromatic carbocycles. The van der Waals surface area contributed by atoms with Crippen LogP contribution in [0.1, 0.15) is 34.9 Å². The Balaban J connectivity index is 1.68. The summed E-state index contributed by atoms with van der Waals surface area (Å²) in [5.41, 5.74) is 1.77. The molecule has 2 aromatic heterocycles. The van der Waals surface area contributed by atoms with E-state index in [1.807, 2.05) is 30.3 Å². The molecule has 0 bridgehead atoms. The van der Waals surface area contributed by atoms with Crippen molar-refractivity contribution in [2.45, 2.75) is 18.9 Å². The third-order valence-corrected chi connectivity index (χ3v) is 4.41. The van der Waals surface area contributed by atoms with Crippen molar-refractivity contribution in [2.24, 2.45) is 0 Å². The van der Waals surface area contributed by atoms with Crippen LogP contribution in [-0.4, -0.2) is 32.3 Å². The molecule has 1 N–H and O–H groups in total. The number of fused-ring (bicyclic) bond motifs is 1. The van der Waals surface area contributed by atoms with Crippen LogP contribution >= 0.6 is 0 Å². The van der Waals surface area contributed by atoms with E-state index in [0.717, 1.165) is 29.4 Å². The van der Waals surface area contributed by atoms with Crippen LogP contribution in [-0.2, 0) is 0 Å². The van der Waals surface area contributed by atoms with Crippen LogP contribution in [0.4, 0.5) is 0 Å².